The number of para-hydroxylation sites is 2. The van der Waals surface area contributed by atoms with E-state index in [-0.39, 0.29) is 24.3 Å². The van der Waals surface area contributed by atoms with E-state index < -0.39 is 6.04 Å². The Morgan fingerprint density at radius 3 is 2.66 bits per heavy atom. The first kappa shape index (κ1) is 19.0. The molecule has 7 nitrogen and oxygen atoms in total. The van der Waals surface area contributed by atoms with Gasteiger partial charge in [-0.3, -0.25) is 19.3 Å². The second-order valence-electron chi connectivity index (χ2n) is 7.51. The largest absolute Gasteiger partial charge is 0.374 e. The number of anilines is 4. The summed E-state index contributed by atoms with van der Waals surface area (Å²) in [4.78, 5) is 40.4. The molecule has 2 aromatic rings. The van der Waals surface area contributed by atoms with E-state index in [0.29, 0.717) is 17.8 Å². The van der Waals surface area contributed by atoms with Gasteiger partial charge in [0, 0.05) is 24.3 Å². The van der Waals surface area contributed by atoms with Crippen molar-refractivity contribution in [1.82, 2.24) is 0 Å². The molecule has 150 valence electrons. The van der Waals surface area contributed by atoms with Crippen LogP contribution in [0.3, 0.4) is 0 Å². The molecule has 0 aromatic heterocycles. The molecular weight excluding hydrogens is 368 g/mol. The molecule has 0 spiro atoms. The van der Waals surface area contributed by atoms with Crippen molar-refractivity contribution in [2.24, 2.45) is 0 Å². The zero-order valence-corrected chi connectivity index (χ0v) is 16.6. The second kappa shape index (κ2) is 7.58. The van der Waals surface area contributed by atoms with Crippen molar-refractivity contribution in [3.05, 3.63) is 48.0 Å². The van der Waals surface area contributed by atoms with Crippen molar-refractivity contribution >= 4 is 40.5 Å². The van der Waals surface area contributed by atoms with Crippen LogP contribution in [-0.2, 0) is 14.4 Å². The van der Waals surface area contributed by atoms with E-state index in [9.17, 15) is 14.4 Å². The lowest BCUT2D eigenvalue weighted by molar-refractivity contribution is -0.122. The number of hydrogen-bond donors (Lipinski definition) is 2. The highest BCUT2D eigenvalue weighted by molar-refractivity contribution is 6.11. The molecule has 2 aliphatic heterocycles. The summed E-state index contributed by atoms with van der Waals surface area (Å²) < 4.78 is 0. The van der Waals surface area contributed by atoms with Crippen molar-refractivity contribution in [3.8, 4) is 0 Å². The molecule has 2 aromatic carbocycles. The molecule has 1 atom stereocenters. The number of benzene rings is 2. The topological polar surface area (TPSA) is 81.8 Å². The smallest absolute Gasteiger partial charge is 0.249 e. The normalized spacial score (nSPS) is 17.0. The van der Waals surface area contributed by atoms with Gasteiger partial charge in [-0.1, -0.05) is 12.1 Å². The number of carbonyl (C=O) groups excluding carboxylic acids is 3. The van der Waals surface area contributed by atoms with E-state index in [4.69, 9.17) is 0 Å². The zero-order chi connectivity index (χ0) is 20.5. The average Bonchev–Trinajstić information content (AvgIpc) is 3.12. The number of nitrogens with one attached hydrogen (secondary N) is 2. The molecule has 0 saturated carbocycles. The molecule has 0 aliphatic carbocycles. The molecule has 2 N–H and O–H groups in total. The fourth-order valence-electron chi connectivity index (χ4n) is 3.93. The van der Waals surface area contributed by atoms with Crippen molar-refractivity contribution in [2.45, 2.75) is 32.7 Å². The van der Waals surface area contributed by atoms with Gasteiger partial charge in [-0.2, -0.15) is 0 Å². The fourth-order valence-corrected chi connectivity index (χ4v) is 3.93. The highest BCUT2D eigenvalue weighted by Gasteiger charge is 2.30. The van der Waals surface area contributed by atoms with Gasteiger partial charge in [-0.15, -0.1) is 0 Å². The van der Waals surface area contributed by atoms with E-state index in [1.165, 1.54) is 4.90 Å². The maximum atomic E-state index is 13.0. The minimum absolute atomic E-state index is 0.00307. The third-order valence-electron chi connectivity index (χ3n) is 5.35. The van der Waals surface area contributed by atoms with Gasteiger partial charge >= 0.3 is 0 Å². The van der Waals surface area contributed by atoms with Gasteiger partial charge in [0.1, 0.15) is 12.6 Å². The summed E-state index contributed by atoms with van der Waals surface area (Å²) in [6.07, 6.45) is 1.48. The molecule has 1 saturated heterocycles. The molecule has 1 unspecified atom stereocenters. The highest BCUT2D eigenvalue weighted by Crippen LogP contribution is 2.30. The molecule has 4 rings (SSSR count). The summed E-state index contributed by atoms with van der Waals surface area (Å²) in [6.45, 7) is 4.49. The first-order valence-electron chi connectivity index (χ1n) is 9.82. The molecule has 1 fully saturated rings. The van der Waals surface area contributed by atoms with Crippen LogP contribution in [0, 0.1) is 6.92 Å². The quantitative estimate of drug-likeness (QED) is 0.838. The van der Waals surface area contributed by atoms with E-state index in [2.05, 4.69) is 10.6 Å². The fraction of sp³-hybridized carbons (Fsp3) is 0.318. The van der Waals surface area contributed by atoms with Crippen molar-refractivity contribution in [1.29, 1.82) is 0 Å². The van der Waals surface area contributed by atoms with Gasteiger partial charge in [0.2, 0.25) is 17.7 Å². The predicted molar refractivity (Wildman–Crippen MR) is 113 cm³/mol. The molecule has 29 heavy (non-hydrogen) atoms. The summed E-state index contributed by atoms with van der Waals surface area (Å²) in [7, 11) is 0. The first-order chi connectivity index (χ1) is 13.9. The second-order valence-corrected chi connectivity index (χ2v) is 7.51. The van der Waals surface area contributed by atoms with Crippen LogP contribution in [0.1, 0.15) is 25.3 Å². The van der Waals surface area contributed by atoms with Gasteiger partial charge in [0.25, 0.3) is 0 Å². The van der Waals surface area contributed by atoms with Crippen LogP contribution < -0.4 is 20.4 Å². The van der Waals surface area contributed by atoms with E-state index in [1.54, 1.807) is 13.0 Å². The van der Waals surface area contributed by atoms with E-state index in [1.807, 2.05) is 48.2 Å². The Kier molecular flexibility index (Phi) is 4.96. The Morgan fingerprint density at radius 1 is 1.14 bits per heavy atom. The molecule has 2 heterocycles. The van der Waals surface area contributed by atoms with Crippen LogP contribution in [-0.4, -0.2) is 36.9 Å². The minimum Gasteiger partial charge on any atom is -0.374 e. The SMILES string of the molecule is Cc1cc(NC(C)C(=O)N2CC(=O)Nc3ccccc32)ccc1N1CCCC1=O. The van der Waals surface area contributed by atoms with E-state index in [0.717, 1.165) is 29.9 Å². The van der Waals surface area contributed by atoms with Crippen molar-refractivity contribution in [2.75, 3.05) is 33.5 Å². The Bertz CT molecular complexity index is 988. The third-order valence-corrected chi connectivity index (χ3v) is 5.35. The number of rotatable bonds is 4. The van der Waals surface area contributed by atoms with Crippen LogP contribution in [0.4, 0.5) is 22.7 Å². The molecule has 0 bridgehead atoms. The van der Waals surface area contributed by atoms with Crippen molar-refractivity contribution < 1.29 is 14.4 Å². The summed E-state index contributed by atoms with van der Waals surface area (Å²) in [5.41, 5.74) is 4.03. The lowest BCUT2D eigenvalue weighted by Gasteiger charge is -2.31. The maximum Gasteiger partial charge on any atom is 0.249 e. The van der Waals surface area contributed by atoms with Gasteiger partial charge in [0.05, 0.1) is 11.4 Å². The van der Waals surface area contributed by atoms with Gasteiger partial charge in [-0.05, 0) is 56.2 Å². The van der Waals surface area contributed by atoms with Crippen LogP contribution >= 0.6 is 0 Å². The van der Waals surface area contributed by atoms with Crippen molar-refractivity contribution in [3.63, 3.8) is 0 Å². The van der Waals surface area contributed by atoms with Crippen LogP contribution in [0.15, 0.2) is 42.5 Å². The van der Waals surface area contributed by atoms with Crippen LogP contribution in [0.5, 0.6) is 0 Å². The molecular formula is C22H24N4O3. The average molecular weight is 392 g/mol. The molecule has 2 aliphatic rings. The number of aryl methyl sites for hydroxylation is 1. The maximum absolute atomic E-state index is 13.0. The molecule has 3 amide bonds. The molecule has 0 radical (unpaired) electrons. The Morgan fingerprint density at radius 2 is 1.93 bits per heavy atom. The summed E-state index contributed by atoms with van der Waals surface area (Å²) in [6, 6.07) is 12.5. The third kappa shape index (κ3) is 3.68. The number of carbonyl (C=O) groups is 3. The van der Waals surface area contributed by atoms with Gasteiger partial charge < -0.3 is 15.5 Å². The Hall–Kier alpha value is -3.35. The lowest BCUT2D eigenvalue weighted by Crippen LogP contribution is -2.47. The van der Waals surface area contributed by atoms with Gasteiger partial charge in [0.15, 0.2) is 0 Å². The number of fused-ring (bicyclic) bond motifs is 1. The summed E-state index contributed by atoms with van der Waals surface area (Å²) in [5.74, 6) is -0.233. The Balaban J connectivity index is 1.50. The standard InChI is InChI=1S/C22H24N4O3/c1-14-12-16(9-10-18(14)25-11-5-8-21(25)28)23-15(2)22(29)26-13-20(27)24-17-6-3-4-7-19(17)26/h3-4,6-7,9-10,12,15,23H,5,8,11,13H2,1-2H3,(H,24,27). The lowest BCUT2D eigenvalue weighted by atomic mass is 10.1. The van der Waals surface area contributed by atoms with Crippen LogP contribution in [0.25, 0.3) is 0 Å². The zero-order valence-electron chi connectivity index (χ0n) is 16.6. The first-order valence-corrected chi connectivity index (χ1v) is 9.82. The van der Waals surface area contributed by atoms with Gasteiger partial charge in [-0.25, -0.2) is 0 Å². The highest BCUT2D eigenvalue weighted by atomic mass is 16.2. The molecule has 7 heteroatoms. The van der Waals surface area contributed by atoms with Crippen LogP contribution in [0.2, 0.25) is 0 Å². The minimum atomic E-state index is -0.521. The summed E-state index contributed by atoms with van der Waals surface area (Å²) in [5, 5.41) is 6.02. The monoisotopic (exact) mass is 392 g/mol. The number of nitrogens with zero attached hydrogens (tertiary/aromatic N) is 2. The summed E-state index contributed by atoms with van der Waals surface area (Å²) >= 11 is 0. The predicted octanol–water partition coefficient (Wildman–Crippen LogP) is 2.91. The Labute approximate surface area is 169 Å². The van der Waals surface area contributed by atoms with E-state index >= 15 is 0 Å². The number of amides is 3. The number of hydrogen-bond acceptors (Lipinski definition) is 4.